The van der Waals surface area contributed by atoms with Gasteiger partial charge < -0.3 is 9.15 Å². The number of aryl methyl sites for hydroxylation is 1. The molecule has 0 fully saturated rings. The summed E-state index contributed by atoms with van der Waals surface area (Å²) in [6.45, 7) is 3.50. The first-order chi connectivity index (χ1) is 18.4. The summed E-state index contributed by atoms with van der Waals surface area (Å²) in [5.74, 6) is 0.0116. The predicted molar refractivity (Wildman–Crippen MR) is 141 cm³/mol. The van der Waals surface area contributed by atoms with Crippen LogP contribution < -0.4 is 4.74 Å². The second-order valence-corrected chi connectivity index (χ2v) is 8.84. The minimum atomic E-state index is -0.644. The lowest BCUT2D eigenvalue weighted by molar-refractivity contribution is -0.141. The molecule has 0 radical (unpaired) electrons. The minimum absolute atomic E-state index is 0.0752. The highest BCUT2D eigenvalue weighted by atomic mass is 16.5. The third-order valence-corrected chi connectivity index (χ3v) is 6.47. The smallest absolute Gasteiger partial charge is 0.272 e. The van der Waals surface area contributed by atoms with Crippen molar-refractivity contribution in [3.8, 4) is 28.8 Å². The monoisotopic (exact) mass is 504 g/mol. The fraction of sp³-hybridized carbons (Fsp3) is 0.133. The van der Waals surface area contributed by atoms with Crippen LogP contribution in [0.15, 0.2) is 94.3 Å². The summed E-state index contributed by atoms with van der Waals surface area (Å²) >= 11 is 0. The standard InChI is InChI=1S/C30H24N4O4/c1-19-14-23(37-3)11-12-25(19)28-21(17-34(32-28)22-8-5-4-6-9-22)15-26-20(2)27(16-31)30(36)33(29(26)35)18-24-10-7-13-38-24/h4-15,17H,18H2,1-3H3/b26-15+. The Morgan fingerprint density at radius 1 is 1.05 bits per heavy atom. The Bertz CT molecular complexity index is 1640. The summed E-state index contributed by atoms with van der Waals surface area (Å²) in [4.78, 5) is 27.7. The van der Waals surface area contributed by atoms with Gasteiger partial charge in [-0.25, -0.2) is 4.68 Å². The highest BCUT2D eigenvalue weighted by molar-refractivity contribution is 6.19. The number of aromatic nitrogens is 2. The molecule has 0 saturated heterocycles. The number of furan rings is 1. The van der Waals surface area contributed by atoms with Crippen LogP contribution in [0.4, 0.5) is 0 Å². The van der Waals surface area contributed by atoms with Crippen molar-refractivity contribution >= 4 is 17.9 Å². The largest absolute Gasteiger partial charge is 0.497 e. The molecule has 2 amide bonds. The summed E-state index contributed by atoms with van der Waals surface area (Å²) in [5.41, 5.74) is 4.44. The Labute approximate surface area is 219 Å². The van der Waals surface area contributed by atoms with Crippen LogP contribution in [0.3, 0.4) is 0 Å². The van der Waals surface area contributed by atoms with Crippen LogP contribution in [0, 0.1) is 18.3 Å². The minimum Gasteiger partial charge on any atom is -0.497 e. The maximum Gasteiger partial charge on any atom is 0.272 e. The zero-order valence-electron chi connectivity index (χ0n) is 21.1. The molecule has 3 heterocycles. The van der Waals surface area contributed by atoms with Crippen LogP contribution in [-0.2, 0) is 16.1 Å². The molecule has 38 heavy (non-hydrogen) atoms. The fourth-order valence-corrected chi connectivity index (χ4v) is 4.43. The molecule has 0 atom stereocenters. The van der Waals surface area contributed by atoms with Gasteiger partial charge in [0.2, 0.25) is 0 Å². The van der Waals surface area contributed by atoms with Gasteiger partial charge in [0.15, 0.2) is 0 Å². The number of imide groups is 1. The highest BCUT2D eigenvalue weighted by Crippen LogP contribution is 2.33. The number of rotatable bonds is 6. The normalized spacial score (nSPS) is 14.8. The average molecular weight is 505 g/mol. The summed E-state index contributed by atoms with van der Waals surface area (Å²) in [7, 11) is 1.61. The Morgan fingerprint density at radius 2 is 1.84 bits per heavy atom. The molecule has 4 aromatic rings. The Kier molecular flexibility index (Phi) is 6.50. The van der Waals surface area contributed by atoms with Crippen molar-refractivity contribution in [2.45, 2.75) is 20.4 Å². The predicted octanol–water partition coefficient (Wildman–Crippen LogP) is 5.24. The topological polar surface area (TPSA) is 101 Å². The molecule has 1 aliphatic rings. The fourth-order valence-electron chi connectivity index (χ4n) is 4.43. The van der Waals surface area contributed by atoms with Gasteiger partial charge in [-0.3, -0.25) is 14.5 Å². The number of nitriles is 1. The summed E-state index contributed by atoms with van der Waals surface area (Å²) in [6.07, 6.45) is 5.00. The highest BCUT2D eigenvalue weighted by Gasteiger charge is 2.36. The van der Waals surface area contributed by atoms with Gasteiger partial charge in [0.05, 0.1) is 25.6 Å². The van der Waals surface area contributed by atoms with Gasteiger partial charge >= 0.3 is 0 Å². The van der Waals surface area contributed by atoms with E-state index in [0.29, 0.717) is 22.6 Å². The molecule has 188 valence electrons. The van der Waals surface area contributed by atoms with Gasteiger partial charge in [-0.2, -0.15) is 10.4 Å². The van der Waals surface area contributed by atoms with E-state index in [0.717, 1.165) is 27.5 Å². The van der Waals surface area contributed by atoms with E-state index >= 15 is 0 Å². The van der Waals surface area contributed by atoms with E-state index in [1.54, 1.807) is 36.9 Å². The summed E-state index contributed by atoms with van der Waals surface area (Å²) in [6, 6.07) is 20.7. The number of hydrogen-bond donors (Lipinski definition) is 0. The number of amides is 2. The van der Waals surface area contributed by atoms with E-state index in [4.69, 9.17) is 14.3 Å². The zero-order valence-corrected chi connectivity index (χ0v) is 21.1. The number of nitrogens with zero attached hydrogens (tertiary/aromatic N) is 4. The number of hydrogen-bond acceptors (Lipinski definition) is 6. The molecule has 8 nitrogen and oxygen atoms in total. The second-order valence-electron chi connectivity index (χ2n) is 8.84. The molecule has 0 saturated carbocycles. The first-order valence-corrected chi connectivity index (χ1v) is 11.9. The van der Waals surface area contributed by atoms with Gasteiger partial charge in [-0.05, 0) is 73.5 Å². The summed E-state index contributed by atoms with van der Waals surface area (Å²) in [5, 5.41) is 14.6. The third-order valence-electron chi connectivity index (χ3n) is 6.47. The van der Waals surface area contributed by atoms with E-state index in [1.807, 2.05) is 67.7 Å². The molecule has 5 rings (SSSR count). The van der Waals surface area contributed by atoms with Crippen molar-refractivity contribution < 1.29 is 18.7 Å². The Morgan fingerprint density at radius 3 is 2.50 bits per heavy atom. The number of carbonyl (C=O) groups excluding carboxylic acids is 2. The van der Waals surface area contributed by atoms with E-state index in [-0.39, 0.29) is 17.7 Å². The molecule has 0 aliphatic carbocycles. The first-order valence-electron chi connectivity index (χ1n) is 11.9. The van der Waals surface area contributed by atoms with Crippen LogP contribution in [0.25, 0.3) is 23.0 Å². The molecule has 8 heteroatoms. The van der Waals surface area contributed by atoms with E-state index in [9.17, 15) is 14.9 Å². The van der Waals surface area contributed by atoms with Gasteiger partial charge in [-0.1, -0.05) is 18.2 Å². The second kappa shape index (κ2) is 10.1. The van der Waals surface area contributed by atoms with Gasteiger partial charge in [0.1, 0.15) is 28.8 Å². The zero-order chi connectivity index (χ0) is 26.8. The van der Waals surface area contributed by atoms with Crippen LogP contribution in [0.2, 0.25) is 0 Å². The molecule has 0 bridgehead atoms. The van der Waals surface area contributed by atoms with Crippen LogP contribution >= 0.6 is 0 Å². The van der Waals surface area contributed by atoms with Gasteiger partial charge in [0, 0.05) is 22.9 Å². The van der Waals surface area contributed by atoms with Gasteiger partial charge in [-0.15, -0.1) is 0 Å². The molecule has 2 aromatic heterocycles. The van der Waals surface area contributed by atoms with E-state index < -0.39 is 11.8 Å². The lowest BCUT2D eigenvalue weighted by Gasteiger charge is -2.26. The van der Waals surface area contributed by atoms with Crippen molar-refractivity contribution in [1.82, 2.24) is 14.7 Å². The molecular formula is C30H24N4O4. The molecule has 1 aliphatic heterocycles. The molecule has 2 aromatic carbocycles. The Balaban J connectivity index is 1.68. The van der Waals surface area contributed by atoms with Crippen LogP contribution in [0.1, 0.15) is 23.8 Å². The third kappa shape index (κ3) is 4.42. The quantitative estimate of drug-likeness (QED) is 0.263. The first kappa shape index (κ1) is 24.5. The van der Waals surface area contributed by atoms with Crippen LogP contribution in [0.5, 0.6) is 5.75 Å². The maximum atomic E-state index is 13.6. The Hall–Kier alpha value is -5.16. The van der Waals surface area contributed by atoms with Crippen molar-refractivity contribution in [2.24, 2.45) is 0 Å². The molecule has 0 spiro atoms. The molecular weight excluding hydrogens is 480 g/mol. The lowest BCUT2D eigenvalue weighted by Crippen LogP contribution is -2.42. The molecule has 0 unspecified atom stereocenters. The van der Waals surface area contributed by atoms with Crippen molar-refractivity contribution in [3.63, 3.8) is 0 Å². The van der Waals surface area contributed by atoms with Gasteiger partial charge in [0.25, 0.3) is 11.8 Å². The number of methoxy groups -OCH3 is 1. The van der Waals surface area contributed by atoms with E-state index in [2.05, 4.69) is 0 Å². The molecule has 0 N–H and O–H groups in total. The van der Waals surface area contributed by atoms with Crippen molar-refractivity contribution in [1.29, 1.82) is 5.26 Å². The average Bonchev–Trinajstić information content (AvgIpc) is 3.60. The van der Waals surface area contributed by atoms with Crippen molar-refractivity contribution in [3.05, 3.63) is 107 Å². The number of benzene rings is 2. The van der Waals surface area contributed by atoms with E-state index in [1.165, 1.54) is 6.26 Å². The maximum absolute atomic E-state index is 13.6. The number of para-hydroxylation sites is 1. The lowest BCUT2D eigenvalue weighted by atomic mass is 9.92. The SMILES string of the molecule is COc1ccc(-c2nn(-c3ccccc3)cc2/C=C2/C(=O)N(Cc3ccco3)C(=O)C(C#N)=C2C)c(C)c1. The number of carbonyl (C=O) groups is 2. The summed E-state index contributed by atoms with van der Waals surface area (Å²) < 4.78 is 12.5. The number of ether oxygens (including phenoxy) is 1. The van der Waals surface area contributed by atoms with Crippen molar-refractivity contribution in [2.75, 3.05) is 7.11 Å². The van der Waals surface area contributed by atoms with Crippen LogP contribution in [-0.4, -0.2) is 33.6 Å².